The second kappa shape index (κ2) is 7.40. The topological polar surface area (TPSA) is 0 Å². The first-order valence-corrected chi connectivity index (χ1v) is 4.63. The minimum Gasteiger partial charge on any atom is -0.118 e. The van der Waals surface area contributed by atoms with Gasteiger partial charge in [-0.15, -0.1) is 11.6 Å². The van der Waals surface area contributed by atoms with Crippen LogP contribution in [0, 0.1) is 5.38 Å². The molecule has 0 fully saturated rings. The van der Waals surface area contributed by atoms with E-state index >= 15 is 0 Å². The van der Waals surface area contributed by atoms with E-state index in [-0.39, 0.29) is 0 Å². The third-order valence-electron chi connectivity index (χ3n) is 1.62. The van der Waals surface area contributed by atoms with Crippen molar-refractivity contribution < 1.29 is 0 Å². The van der Waals surface area contributed by atoms with Crippen molar-refractivity contribution >= 4 is 11.6 Å². The van der Waals surface area contributed by atoms with Crippen molar-refractivity contribution in [1.29, 1.82) is 0 Å². The molecule has 0 bridgehead atoms. The van der Waals surface area contributed by atoms with Crippen molar-refractivity contribution in [3.63, 3.8) is 0 Å². The molecule has 0 N–H and O–H groups in total. The van der Waals surface area contributed by atoms with Crippen molar-refractivity contribution in [2.45, 2.75) is 52.4 Å². The normalized spacial score (nSPS) is 10.8. The summed E-state index contributed by atoms with van der Waals surface area (Å²) < 4.78 is 0. The Labute approximate surface area is 70.0 Å². The maximum absolute atomic E-state index is 5.71. The number of halogens is 1. The highest BCUT2D eigenvalue weighted by Gasteiger charge is 1.95. The van der Waals surface area contributed by atoms with Gasteiger partial charge in [0.25, 0.3) is 0 Å². The van der Waals surface area contributed by atoms with Crippen molar-refractivity contribution in [3.05, 3.63) is 5.38 Å². The van der Waals surface area contributed by atoms with E-state index in [1.165, 1.54) is 32.1 Å². The van der Waals surface area contributed by atoms with Crippen LogP contribution in [0.3, 0.4) is 0 Å². The van der Waals surface area contributed by atoms with Gasteiger partial charge in [0.1, 0.15) is 0 Å². The van der Waals surface area contributed by atoms with Crippen LogP contribution in [0.15, 0.2) is 0 Å². The van der Waals surface area contributed by atoms with Crippen LogP contribution >= 0.6 is 11.6 Å². The van der Waals surface area contributed by atoms with E-state index < -0.39 is 0 Å². The SMILES string of the molecule is CCCCCCC[C](C)Cl. The number of hydrogen-bond acceptors (Lipinski definition) is 0. The van der Waals surface area contributed by atoms with E-state index in [4.69, 9.17) is 11.6 Å². The molecule has 0 spiro atoms. The monoisotopic (exact) mass is 161 g/mol. The van der Waals surface area contributed by atoms with Crippen molar-refractivity contribution in [1.82, 2.24) is 0 Å². The summed E-state index contributed by atoms with van der Waals surface area (Å²) in [7, 11) is 0. The predicted molar refractivity (Wildman–Crippen MR) is 48.1 cm³/mol. The molecule has 0 heterocycles. The van der Waals surface area contributed by atoms with E-state index in [1.807, 2.05) is 6.92 Å². The van der Waals surface area contributed by atoms with Gasteiger partial charge in [-0.25, -0.2) is 0 Å². The molecule has 10 heavy (non-hydrogen) atoms. The molecule has 0 aliphatic heterocycles. The lowest BCUT2D eigenvalue weighted by Crippen LogP contribution is -1.81. The lowest BCUT2D eigenvalue weighted by Gasteiger charge is -2.00. The highest BCUT2D eigenvalue weighted by atomic mass is 35.5. The molecule has 0 saturated heterocycles. The highest BCUT2D eigenvalue weighted by molar-refractivity contribution is 6.26. The Morgan fingerprint density at radius 3 is 2.20 bits per heavy atom. The quantitative estimate of drug-likeness (QED) is 0.514. The zero-order valence-electron chi connectivity index (χ0n) is 7.12. The molecule has 0 aromatic rings. The van der Waals surface area contributed by atoms with E-state index in [0.717, 1.165) is 11.8 Å². The summed E-state index contributed by atoms with van der Waals surface area (Å²) in [4.78, 5) is 0. The van der Waals surface area contributed by atoms with Gasteiger partial charge < -0.3 is 0 Å². The lowest BCUT2D eigenvalue weighted by atomic mass is 10.1. The molecule has 61 valence electrons. The summed E-state index contributed by atoms with van der Waals surface area (Å²) in [6.45, 7) is 4.22. The van der Waals surface area contributed by atoms with E-state index in [2.05, 4.69) is 6.92 Å². The first kappa shape index (κ1) is 10.3. The van der Waals surface area contributed by atoms with Gasteiger partial charge in [0.2, 0.25) is 0 Å². The predicted octanol–water partition coefficient (Wildman–Crippen LogP) is 4.14. The zero-order valence-corrected chi connectivity index (χ0v) is 7.88. The number of rotatable bonds is 6. The second-order valence-corrected chi connectivity index (χ2v) is 3.49. The van der Waals surface area contributed by atoms with Crippen LogP contribution in [0.2, 0.25) is 0 Å². The molecular weight excluding hydrogens is 144 g/mol. The Kier molecular flexibility index (Phi) is 7.61. The molecule has 0 aliphatic rings. The average molecular weight is 162 g/mol. The van der Waals surface area contributed by atoms with Gasteiger partial charge in [0.15, 0.2) is 0 Å². The molecule has 0 aliphatic carbocycles. The van der Waals surface area contributed by atoms with Gasteiger partial charge in [0, 0.05) is 0 Å². The Morgan fingerprint density at radius 1 is 1.10 bits per heavy atom. The van der Waals surface area contributed by atoms with Crippen LogP contribution in [-0.2, 0) is 0 Å². The molecular formula is C9H18Cl. The smallest absolute Gasteiger partial charge is 0.0607 e. The summed E-state index contributed by atoms with van der Waals surface area (Å²) in [6.07, 6.45) is 7.80. The van der Waals surface area contributed by atoms with Gasteiger partial charge in [-0.3, -0.25) is 0 Å². The maximum Gasteiger partial charge on any atom is 0.0607 e. The maximum atomic E-state index is 5.71. The molecule has 1 heteroatoms. The summed E-state index contributed by atoms with van der Waals surface area (Å²) in [5.41, 5.74) is 0. The Balaban J connectivity index is 2.77. The third kappa shape index (κ3) is 8.29. The van der Waals surface area contributed by atoms with Gasteiger partial charge >= 0.3 is 0 Å². The molecule has 0 aromatic heterocycles. The van der Waals surface area contributed by atoms with Crippen LogP contribution < -0.4 is 0 Å². The zero-order chi connectivity index (χ0) is 7.82. The van der Waals surface area contributed by atoms with Crippen LogP contribution in [0.25, 0.3) is 0 Å². The molecule has 0 atom stereocenters. The van der Waals surface area contributed by atoms with Gasteiger partial charge in [-0.1, -0.05) is 39.0 Å². The molecule has 1 radical (unpaired) electrons. The molecule has 0 unspecified atom stereocenters. The van der Waals surface area contributed by atoms with E-state index in [1.54, 1.807) is 0 Å². The number of hydrogen-bond donors (Lipinski definition) is 0. The standard InChI is InChI=1S/C9H18Cl/c1-3-4-5-6-7-8-9(2)10/h3-8H2,1-2H3. The lowest BCUT2D eigenvalue weighted by molar-refractivity contribution is 0.625. The summed E-state index contributed by atoms with van der Waals surface area (Å²) in [5, 5.41) is 1.05. The minimum absolute atomic E-state index is 1.05. The highest BCUT2D eigenvalue weighted by Crippen LogP contribution is 2.15. The first-order valence-electron chi connectivity index (χ1n) is 4.25. The van der Waals surface area contributed by atoms with Gasteiger partial charge in [-0.2, -0.15) is 0 Å². The Bertz CT molecular complexity index is 59.7. The summed E-state index contributed by atoms with van der Waals surface area (Å²) >= 11 is 5.71. The van der Waals surface area contributed by atoms with Crippen LogP contribution in [-0.4, -0.2) is 0 Å². The van der Waals surface area contributed by atoms with Crippen LogP contribution in [0.4, 0.5) is 0 Å². The fraction of sp³-hybridized carbons (Fsp3) is 0.889. The van der Waals surface area contributed by atoms with Crippen LogP contribution in [0.5, 0.6) is 0 Å². The van der Waals surface area contributed by atoms with E-state index in [9.17, 15) is 0 Å². The Hall–Kier alpha value is 0.290. The Morgan fingerprint density at radius 2 is 1.70 bits per heavy atom. The number of unbranched alkanes of at least 4 members (excludes halogenated alkanes) is 4. The third-order valence-corrected chi connectivity index (χ3v) is 1.81. The van der Waals surface area contributed by atoms with Gasteiger partial charge in [-0.05, 0) is 13.3 Å². The van der Waals surface area contributed by atoms with Gasteiger partial charge in [0.05, 0.1) is 5.38 Å². The minimum atomic E-state index is 1.05. The average Bonchev–Trinajstić information content (AvgIpc) is 1.87. The van der Waals surface area contributed by atoms with Crippen LogP contribution in [0.1, 0.15) is 52.4 Å². The summed E-state index contributed by atoms with van der Waals surface area (Å²) in [6, 6.07) is 0. The first-order chi connectivity index (χ1) is 4.77. The fourth-order valence-corrected chi connectivity index (χ4v) is 1.11. The second-order valence-electron chi connectivity index (χ2n) is 2.84. The van der Waals surface area contributed by atoms with Crippen molar-refractivity contribution in [2.24, 2.45) is 0 Å². The molecule has 0 amide bonds. The van der Waals surface area contributed by atoms with Crippen molar-refractivity contribution in [3.8, 4) is 0 Å². The fourth-order valence-electron chi connectivity index (χ4n) is 0.972. The molecule has 0 nitrogen and oxygen atoms in total. The summed E-state index contributed by atoms with van der Waals surface area (Å²) in [5.74, 6) is 0. The largest absolute Gasteiger partial charge is 0.118 e. The molecule has 0 rings (SSSR count). The van der Waals surface area contributed by atoms with E-state index in [0.29, 0.717) is 0 Å². The molecule has 0 saturated carbocycles. The van der Waals surface area contributed by atoms with Crippen molar-refractivity contribution in [2.75, 3.05) is 0 Å². The molecule has 0 aromatic carbocycles.